The van der Waals surface area contributed by atoms with Gasteiger partial charge in [0.1, 0.15) is 0 Å². The molecule has 0 unspecified atom stereocenters. The van der Waals surface area contributed by atoms with Gasteiger partial charge in [-0.3, -0.25) is 0 Å². The Hall–Kier alpha value is -1.01. The van der Waals surface area contributed by atoms with Gasteiger partial charge in [-0.1, -0.05) is 17.7 Å². The molecule has 0 atom stereocenters. The zero-order valence-corrected chi connectivity index (χ0v) is 10.2. The molecule has 0 saturated carbocycles. The van der Waals surface area contributed by atoms with E-state index < -0.39 is 28.9 Å². The summed E-state index contributed by atoms with van der Waals surface area (Å²) in [5.74, 6) is -2.90. The predicted molar refractivity (Wildman–Crippen MR) is 59.5 cm³/mol. The molecule has 94 valence electrons. The summed E-state index contributed by atoms with van der Waals surface area (Å²) in [6, 6.07) is 6.20. The third-order valence-corrected chi connectivity index (χ3v) is 4.65. The van der Waals surface area contributed by atoms with Crippen molar-refractivity contribution in [2.45, 2.75) is 24.2 Å². The van der Waals surface area contributed by atoms with Gasteiger partial charge in [0.15, 0.2) is 0 Å². The molecule has 1 aromatic carbocycles. The van der Waals surface area contributed by atoms with Gasteiger partial charge in [-0.2, -0.15) is 4.31 Å². The summed E-state index contributed by atoms with van der Waals surface area (Å²) in [5.41, 5.74) is 0.927. The third-order valence-electron chi connectivity index (χ3n) is 2.79. The second-order valence-electron chi connectivity index (χ2n) is 4.26. The number of sulfonamides is 1. The lowest BCUT2D eigenvalue weighted by Gasteiger charge is -2.16. The Morgan fingerprint density at radius 2 is 1.82 bits per heavy atom. The molecule has 1 heterocycles. The molecule has 17 heavy (non-hydrogen) atoms. The molecule has 0 aromatic heterocycles. The molecule has 2 rings (SSSR count). The Bertz CT molecular complexity index is 511. The molecule has 0 radical (unpaired) electrons. The lowest BCUT2D eigenvalue weighted by Crippen LogP contribution is -2.31. The minimum atomic E-state index is -3.77. The van der Waals surface area contributed by atoms with Crippen LogP contribution in [0.15, 0.2) is 29.2 Å². The first-order chi connectivity index (χ1) is 7.81. The molecular formula is C11H13F2NO2S. The second-order valence-corrected chi connectivity index (χ2v) is 6.20. The van der Waals surface area contributed by atoms with Gasteiger partial charge in [-0.05, 0) is 19.1 Å². The van der Waals surface area contributed by atoms with E-state index in [4.69, 9.17) is 0 Å². The standard InChI is InChI=1S/C11H13F2NO2S/c1-9-2-4-10(5-3-9)17(15,16)14-7-6-11(12,13)8-14/h2-5H,6-8H2,1H3. The van der Waals surface area contributed by atoms with E-state index in [2.05, 4.69) is 0 Å². The van der Waals surface area contributed by atoms with E-state index in [-0.39, 0.29) is 11.4 Å². The van der Waals surface area contributed by atoms with Crippen LogP contribution in [0.2, 0.25) is 0 Å². The molecule has 6 heteroatoms. The minimum Gasteiger partial charge on any atom is -0.207 e. The maximum atomic E-state index is 13.0. The maximum Gasteiger partial charge on any atom is 0.262 e. The highest BCUT2D eigenvalue weighted by molar-refractivity contribution is 7.89. The summed E-state index contributed by atoms with van der Waals surface area (Å²) >= 11 is 0. The molecule has 0 spiro atoms. The van der Waals surface area contributed by atoms with Crippen LogP contribution in [-0.4, -0.2) is 31.7 Å². The second kappa shape index (κ2) is 4.03. The fraction of sp³-hybridized carbons (Fsp3) is 0.455. The summed E-state index contributed by atoms with van der Waals surface area (Å²) in [6.07, 6.45) is -0.405. The number of hydrogen-bond acceptors (Lipinski definition) is 2. The van der Waals surface area contributed by atoms with Crippen LogP contribution < -0.4 is 0 Å². The van der Waals surface area contributed by atoms with Crippen molar-refractivity contribution >= 4 is 10.0 Å². The Morgan fingerprint density at radius 3 is 2.29 bits per heavy atom. The van der Waals surface area contributed by atoms with Gasteiger partial charge in [-0.25, -0.2) is 17.2 Å². The lowest BCUT2D eigenvalue weighted by atomic mass is 10.2. The van der Waals surface area contributed by atoms with Gasteiger partial charge in [0.25, 0.3) is 5.92 Å². The van der Waals surface area contributed by atoms with Crippen LogP contribution in [0.25, 0.3) is 0 Å². The molecule has 1 aliphatic rings. The summed E-state index contributed by atoms with van der Waals surface area (Å²) in [6.45, 7) is 0.993. The van der Waals surface area contributed by atoms with Crippen LogP contribution in [0.1, 0.15) is 12.0 Å². The third kappa shape index (κ3) is 2.47. The minimum absolute atomic E-state index is 0.0702. The van der Waals surface area contributed by atoms with E-state index >= 15 is 0 Å². The summed E-state index contributed by atoms with van der Waals surface area (Å²) in [5, 5.41) is 0. The lowest BCUT2D eigenvalue weighted by molar-refractivity contribution is 0.0183. The quantitative estimate of drug-likeness (QED) is 0.816. The molecule has 1 saturated heterocycles. The normalized spacial score (nSPS) is 20.6. The number of rotatable bonds is 2. The van der Waals surface area contributed by atoms with Crippen molar-refractivity contribution in [1.29, 1.82) is 0 Å². The fourth-order valence-corrected chi connectivity index (χ4v) is 3.24. The van der Waals surface area contributed by atoms with Crippen molar-refractivity contribution in [3.63, 3.8) is 0 Å². The van der Waals surface area contributed by atoms with E-state index in [9.17, 15) is 17.2 Å². The first-order valence-electron chi connectivity index (χ1n) is 5.26. The van der Waals surface area contributed by atoms with Crippen molar-refractivity contribution in [3.8, 4) is 0 Å². The molecule has 1 aliphatic heterocycles. The van der Waals surface area contributed by atoms with Crippen molar-refractivity contribution in [2.75, 3.05) is 13.1 Å². The van der Waals surface area contributed by atoms with Crippen LogP contribution >= 0.6 is 0 Å². The van der Waals surface area contributed by atoms with Crippen LogP contribution in [0.4, 0.5) is 8.78 Å². The van der Waals surface area contributed by atoms with Crippen LogP contribution in [-0.2, 0) is 10.0 Å². The Labute approximate surface area is 99.1 Å². The van der Waals surface area contributed by atoms with Gasteiger partial charge < -0.3 is 0 Å². The maximum absolute atomic E-state index is 13.0. The highest BCUT2D eigenvalue weighted by Gasteiger charge is 2.43. The molecule has 0 aliphatic carbocycles. The zero-order chi connectivity index (χ0) is 12.7. The average molecular weight is 261 g/mol. The monoisotopic (exact) mass is 261 g/mol. The molecule has 1 aromatic rings. The van der Waals surface area contributed by atoms with Gasteiger partial charge >= 0.3 is 0 Å². The van der Waals surface area contributed by atoms with Crippen LogP contribution in [0.5, 0.6) is 0 Å². The van der Waals surface area contributed by atoms with E-state index in [1.165, 1.54) is 12.1 Å². The van der Waals surface area contributed by atoms with Crippen molar-refractivity contribution in [3.05, 3.63) is 29.8 Å². The van der Waals surface area contributed by atoms with Crippen molar-refractivity contribution in [1.82, 2.24) is 4.31 Å². The Balaban J connectivity index is 2.29. The zero-order valence-electron chi connectivity index (χ0n) is 9.36. The Morgan fingerprint density at radius 1 is 1.24 bits per heavy atom. The Kier molecular flexibility index (Phi) is 2.95. The predicted octanol–water partition coefficient (Wildman–Crippen LogP) is 2.02. The number of benzene rings is 1. The number of aryl methyl sites for hydroxylation is 1. The number of halogens is 2. The molecule has 0 N–H and O–H groups in total. The number of nitrogens with zero attached hydrogens (tertiary/aromatic N) is 1. The van der Waals surface area contributed by atoms with Crippen LogP contribution in [0, 0.1) is 6.92 Å². The summed E-state index contributed by atoms with van der Waals surface area (Å²) in [7, 11) is -3.77. The molecule has 0 bridgehead atoms. The van der Waals surface area contributed by atoms with Gasteiger partial charge in [0.05, 0.1) is 11.4 Å². The highest BCUT2D eigenvalue weighted by atomic mass is 32.2. The summed E-state index contributed by atoms with van der Waals surface area (Å²) in [4.78, 5) is 0.0702. The fourth-order valence-electron chi connectivity index (χ4n) is 1.77. The SMILES string of the molecule is Cc1ccc(S(=O)(=O)N2CCC(F)(F)C2)cc1. The first kappa shape index (κ1) is 12.4. The number of alkyl halides is 2. The smallest absolute Gasteiger partial charge is 0.207 e. The van der Waals surface area contributed by atoms with Crippen molar-refractivity contribution in [2.24, 2.45) is 0 Å². The summed E-state index contributed by atoms with van der Waals surface area (Å²) < 4.78 is 50.9. The largest absolute Gasteiger partial charge is 0.262 e. The van der Waals surface area contributed by atoms with E-state index in [0.29, 0.717) is 0 Å². The molecule has 0 amide bonds. The van der Waals surface area contributed by atoms with Crippen molar-refractivity contribution < 1.29 is 17.2 Å². The van der Waals surface area contributed by atoms with Crippen LogP contribution in [0.3, 0.4) is 0 Å². The van der Waals surface area contributed by atoms with E-state index in [1.807, 2.05) is 6.92 Å². The first-order valence-corrected chi connectivity index (χ1v) is 6.70. The molecule has 3 nitrogen and oxygen atoms in total. The molecular weight excluding hydrogens is 248 g/mol. The highest BCUT2D eigenvalue weighted by Crippen LogP contribution is 2.30. The van der Waals surface area contributed by atoms with Gasteiger partial charge in [0, 0.05) is 13.0 Å². The van der Waals surface area contributed by atoms with Gasteiger partial charge in [0.2, 0.25) is 10.0 Å². The average Bonchev–Trinajstić information content (AvgIpc) is 2.60. The topological polar surface area (TPSA) is 37.4 Å². The van der Waals surface area contributed by atoms with Gasteiger partial charge in [-0.15, -0.1) is 0 Å². The van der Waals surface area contributed by atoms with E-state index in [0.717, 1.165) is 9.87 Å². The molecule has 1 fully saturated rings. The number of hydrogen-bond donors (Lipinski definition) is 0. The van der Waals surface area contributed by atoms with E-state index in [1.54, 1.807) is 12.1 Å².